The number of likely N-dealkylation sites (N-methyl/N-ethyl adjacent to an activating group) is 1. The van der Waals surface area contributed by atoms with Gasteiger partial charge >= 0.3 is 5.97 Å². The van der Waals surface area contributed by atoms with Gasteiger partial charge in [-0.1, -0.05) is 13.8 Å². The van der Waals surface area contributed by atoms with Crippen LogP contribution in [0.5, 0.6) is 0 Å². The molecule has 0 spiro atoms. The van der Waals surface area contributed by atoms with Crippen molar-refractivity contribution in [3.63, 3.8) is 0 Å². The summed E-state index contributed by atoms with van der Waals surface area (Å²) in [7, 11) is 0. The number of carbonyl (C=O) groups excluding carboxylic acids is 1. The summed E-state index contributed by atoms with van der Waals surface area (Å²) < 4.78 is 5.18. The molecule has 0 saturated heterocycles. The number of hydrogen-bond acceptors (Lipinski definition) is 6. The molecule has 0 aliphatic heterocycles. The molecule has 9 nitrogen and oxygen atoms in total. The van der Waals surface area contributed by atoms with E-state index >= 15 is 0 Å². The van der Waals surface area contributed by atoms with Gasteiger partial charge in [0.2, 0.25) is 0 Å². The second kappa shape index (κ2) is 13.9. The number of guanidine groups is 2. The molecule has 0 atom stereocenters. The number of nitrogens with two attached hydrogens (primary N) is 3. The Morgan fingerprint density at radius 2 is 1.60 bits per heavy atom. The fourth-order valence-electron chi connectivity index (χ4n) is 1.65. The van der Waals surface area contributed by atoms with Gasteiger partial charge in [-0.15, -0.1) is 12.4 Å². The third-order valence-corrected chi connectivity index (χ3v) is 2.95. The monoisotopic (exact) mass is 373 g/mol. The van der Waals surface area contributed by atoms with Gasteiger partial charge in [0.05, 0.1) is 5.56 Å². The Hall–Kier alpha value is -2.52. The number of anilines is 1. The molecule has 0 aliphatic rings. The highest BCUT2D eigenvalue weighted by atomic mass is 35.5. The number of nitrogens with zero attached hydrogens (tertiary/aromatic N) is 1. The molecule has 0 fully saturated rings. The Kier molecular flexibility index (Phi) is 13.7. The Balaban J connectivity index is 0. The van der Waals surface area contributed by atoms with Crippen molar-refractivity contribution in [1.29, 1.82) is 10.8 Å². The summed E-state index contributed by atoms with van der Waals surface area (Å²) in [6, 6.07) is 6.74. The first kappa shape index (κ1) is 24.7. The molecule has 0 heterocycles. The van der Waals surface area contributed by atoms with E-state index in [1.807, 2.05) is 5.32 Å². The van der Waals surface area contributed by atoms with Gasteiger partial charge in [-0.2, -0.15) is 0 Å². The van der Waals surface area contributed by atoms with Crippen LogP contribution in [-0.2, 0) is 4.74 Å². The zero-order valence-electron chi connectivity index (χ0n) is 14.5. The van der Waals surface area contributed by atoms with Crippen LogP contribution in [0.2, 0.25) is 0 Å². The van der Waals surface area contributed by atoms with Gasteiger partial charge in [0.25, 0.3) is 0 Å². The number of benzene rings is 1. The van der Waals surface area contributed by atoms with E-state index in [0.29, 0.717) is 17.9 Å². The van der Waals surface area contributed by atoms with Gasteiger partial charge in [0, 0.05) is 12.2 Å². The minimum atomic E-state index is -0.312. The lowest BCUT2D eigenvalue weighted by Crippen LogP contribution is -2.39. The predicted octanol–water partition coefficient (Wildman–Crippen LogP) is 0.552. The SMILES string of the molecule is CCN(CC)CCOC(=O)c1ccc(N)cc1.Cl.N=C(N)NC(=N)N. The van der Waals surface area contributed by atoms with Crippen molar-refractivity contribution in [1.82, 2.24) is 10.2 Å². The number of nitrogens with one attached hydrogen (secondary N) is 3. The number of carbonyl (C=O) groups is 1. The molecule has 0 aromatic heterocycles. The highest BCUT2D eigenvalue weighted by Crippen LogP contribution is 2.06. The minimum Gasteiger partial charge on any atom is -0.461 e. The Labute approximate surface area is 154 Å². The maximum atomic E-state index is 11.6. The molecule has 25 heavy (non-hydrogen) atoms. The van der Waals surface area contributed by atoms with Gasteiger partial charge in [-0.05, 0) is 37.4 Å². The molecule has 0 unspecified atom stereocenters. The van der Waals surface area contributed by atoms with Crippen molar-refractivity contribution in [3.8, 4) is 0 Å². The largest absolute Gasteiger partial charge is 0.461 e. The van der Waals surface area contributed by atoms with Gasteiger partial charge in [0.15, 0.2) is 11.9 Å². The van der Waals surface area contributed by atoms with E-state index in [1.54, 1.807) is 24.3 Å². The average molecular weight is 374 g/mol. The molecule has 1 aromatic rings. The number of halogens is 1. The van der Waals surface area contributed by atoms with Crippen LogP contribution in [0.25, 0.3) is 0 Å². The number of ether oxygens (including phenoxy) is 1. The summed E-state index contributed by atoms with van der Waals surface area (Å²) >= 11 is 0. The van der Waals surface area contributed by atoms with Gasteiger partial charge < -0.3 is 26.8 Å². The fraction of sp³-hybridized carbons (Fsp3) is 0.400. The van der Waals surface area contributed by atoms with Crippen molar-refractivity contribution in [3.05, 3.63) is 29.8 Å². The maximum absolute atomic E-state index is 11.6. The molecule has 1 aromatic carbocycles. The number of hydrogen-bond donors (Lipinski definition) is 6. The Morgan fingerprint density at radius 3 is 1.96 bits per heavy atom. The van der Waals surface area contributed by atoms with E-state index in [9.17, 15) is 4.79 Å². The molecule has 9 N–H and O–H groups in total. The summed E-state index contributed by atoms with van der Waals surface area (Å²) in [6.07, 6.45) is 0. The lowest BCUT2D eigenvalue weighted by atomic mass is 10.2. The van der Waals surface area contributed by atoms with E-state index in [2.05, 4.69) is 18.7 Å². The number of nitrogen functional groups attached to an aromatic ring is 1. The van der Waals surface area contributed by atoms with Crippen LogP contribution >= 0.6 is 12.4 Å². The van der Waals surface area contributed by atoms with Crippen LogP contribution in [-0.4, -0.2) is 49.0 Å². The highest BCUT2D eigenvalue weighted by molar-refractivity contribution is 5.93. The second-order valence-corrected chi connectivity index (χ2v) is 4.74. The van der Waals surface area contributed by atoms with E-state index in [1.165, 1.54) is 0 Å². The van der Waals surface area contributed by atoms with Crippen molar-refractivity contribution in [2.24, 2.45) is 11.5 Å². The second-order valence-electron chi connectivity index (χ2n) is 4.74. The molecule has 0 amide bonds. The van der Waals surface area contributed by atoms with Crippen LogP contribution in [0.4, 0.5) is 5.69 Å². The fourth-order valence-corrected chi connectivity index (χ4v) is 1.65. The topological polar surface area (TPSA) is 167 Å². The molecule has 142 valence electrons. The van der Waals surface area contributed by atoms with Crippen molar-refractivity contribution >= 4 is 36.0 Å². The number of esters is 1. The van der Waals surface area contributed by atoms with Crippen molar-refractivity contribution in [2.75, 3.05) is 32.0 Å². The molecule has 0 aliphatic carbocycles. The van der Waals surface area contributed by atoms with Crippen LogP contribution in [0, 0.1) is 10.8 Å². The summed E-state index contributed by atoms with van der Waals surface area (Å²) in [4.78, 5) is 13.8. The molecule has 0 saturated carbocycles. The third-order valence-electron chi connectivity index (χ3n) is 2.95. The molecule has 10 heteroatoms. The van der Waals surface area contributed by atoms with Crippen LogP contribution in [0.15, 0.2) is 24.3 Å². The molecule has 0 radical (unpaired) electrons. The van der Waals surface area contributed by atoms with Crippen molar-refractivity contribution in [2.45, 2.75) is 13.8 Å². The smallest absolute Gasteiger partial charge is 0.338 e. The summed E-state index contributed by atoms with van der Waals surface area (Å²) in [5.41, 5.74) is 16.2. The first-order valence-electron chi connectivity index (χ1n) is 7.50. The molecule has 0 bridgehead atoms. The Morgan fingerprint density at radius 1 is 1.12 bits per heavy atom. The molecular formula is C15H28ClN7O2. The quantitative estimate of drug-likeness (QED) is 0.183. The maximum Gasteiger partial charge on any atom is 0.338 e. The predicted molar refractivity (Wildman–Crippen MR) is 103 cm³/mol. The third kappa shape index (κ3) is 12.6. The van der Waals surface area contributed by atoms with Crippen LogP contribution < -0.4 is 22.5 Å². The van der Waals surface area contributed by atoms with E-state index in [0.717, 1.165) is 19.6 Å². The van der Waals surface area contributed by atoms with Crippen molar-refractivity contribution < 1.29 is 9.53 Å². The first-order chi connectivity index (χ1) is 11.3. The molecular weight excluding hydrogens is 346 g/mol. The van der Waals surface area contributed by atoms with Gasteiger partial charge in [0.1, 0.15) is 6.61 Å². The average Bonchev–Trinajstić information content (AvgIpc) is 2.51. The van der Waals surface area contributed by atoms with Gasteiger partial charge in [-0.3, -0.25) is 16.1 Å². The minimum absolute atomic E-state index is 0. The lowest BCUT2D eigenvalue weighted by Gasteiger charge is -2.17. The Bertz CT molecular complexity index is 521. The molecule has 1 rings (SSSR count). The van der Waals surface area contributed by atoms with Crippen LogP contribution in [0.3, 0.4) is 0 Å². The van der Waals surface area contributed by atoms with Gasteiger partial charge in [-0.25, -0.2) is 4.79 Å². The normalized spacial score (nSPS) is 9.24. The van der Waals surface area contributed by atoms with E-state index < -0.39 is 0 Å². The zero-order chi connectivity index (χ0) is 18.5. The zero-order valence-corrected chi connectivity index (χ0v) is 15.4. The first-order valence-corrected chi connectivity index (χ1v) is 7.50. The van der Waals surface area contributed by atoms with E-state index in [-0.39, 0.29) is 30.3 Å². The summed E-state index contributed by atoms with van der Waals surface area (Å²) in [5, 5.41) is 15.0. The highest BCUT2D eigenvalue weighted by Gasteiger charge is 2.07. The van der Waals surface area contributed by atoms with E-state index in [4.69, 9.17) is 32.8 Å². The lowest BCUT2D eigenvalue weighted by molar-refractivity contribution is 0.0466. The summed E-state index contributed by atoms with van der Waals surface area (Å²) in [6.45, 7) is 7.31. The standard InChI is InChI=1S/C13H20N2O2.C2H7N5.ClH/c1-3-15(4-2)9-10-17-13(16)11-5-7-12(14)8-6-11;3-1(4)7-2(5)6;/h5-8H,3-4,9-10,14H2,1-2H3;(H7,3,4,5,6,7);1H. The van der Waals surface area contributed by atoms with Crippen LogP contribution in [0.1, 0.15) is 24.2 Å². The number of rotatable bonds is 6. The summed E-state index contributed by atoms with van der Waals surface area (Å²) in [5.74, 6) is -0.919.